The summed E-state index contributed by atoms with van der Waals surface area (Å²) in [6.45, 7) is 1.57. The molecule has 1 heterocycles. The van der Waals surface area contributed by atoms with Gasteiger partial charge in [0, 0.05) is 25.8 Å². The summed E-state index contributed by atoms with van der Waals surface area (Å²) in [7, 11) is 2.04. The van der Waals surface area contributed by atoms with E-state index in [9.17, 15) is 18.0 Å². The highest BCUT2D eigenvalue weighted by Gasteiger charge is 2.31. The number of hydrogen-bond acceptors (Lipinski definition) is 4. The minimum absolute atomic E-state index is 0.333. The van der Waals surface area contributed by atoms with Gasteiger partial charge in [-0.25, -0.2) is 4.79 Å². The molecule has 1 aliphatic heterocycles. The number of anilines is 5. The number of fused-ring (bicyclic) bond motifs is 1. The minimum atomic E-state index is -4.77. The number of para-hydroxylation sites is 4. The number of nitrogens with one attached hydrogen (secondary N) is 2. The van der Waals surface area contributed by atoms with Crippen LogP contribution in [-0.2, 0) is 0 Å². The molecule has 0 spiro atoms. The van der Waals surface area contributed by atoms with Crippen molar-refractivity contribution in [2.45, 2.75) is 6.36 Å². The van der Waals surface area contributed by atoms with Crippen molar-refractivity contribution >= 4 is 34.5 Å². The smallest absolute Gasteiger partial charge is 0.406 e. The molecule has 0 aliphatic carbocycles. The van der Waals surface area contributed by atoms with E-state index in [1.165, 1.54) is 12.1 Å². The second-order valence-corrected chi connectivity index (χ2v) is 7.23. The third-order valence-electron chi connectivity index (χ3n) is 5.03. The number of rotatable bonds is 4. The van der Waals surface area contributed by atoms with Crippen molar-refractivity contribution in [1.82, 2.24) is 0 Å². The lowest BCUT2D eigenvalue weighted by Gasteiger charge is -2.37. The summed E-state index contributed by atoms with van der Waals surface area (Å²) in [5.41, 5.74) is 3.92. The summed E-state index contributed by atoms with van der Waals surface area (Å²) < 4.78 is 40.7. The molecule has 9 heteroatoms. The molecule has 3 aromatic rings. The molecule has 166 valence electrons. The van der Waals surface area contributed by atoms with E-state index in [0.29, 0.717) is 11.4 Å². The summed E-state index contributed by atoms with van der Waals surface area (Å²) in [5, 5.41) is 5.46. The molecule has 0 bridgehead atoms. The van der Waals surface area contributed by atoms with Gasteiger partial charge >= 0.3 is 12.4 Å². The van der Waals surface area contributed by atoms with Crippen LogP contribution >= 0.6 is 0 Å². The Balaban J connectivity index is 1.49. The lowest BCUT2D eigenvalue weighted by molar-refractivity contribution is -0.274. The molecule has 2 N–H and O–H groups in total. The van der Waals surface area contributed by atoms with E-state index in [0.717, 1.165) is 42.3 Å². The predicted molar refractivity (Wildman–Crippen MR) is 119 cm³/mol. The van der Waals surface area contributed by atoms with Crippen molar-refractivity contribution in [3.8, 4) is 5.75 Å². The van der Waals surface area contributed by atoms with E-state index in [4.69, 9.17) is 0 Å². The Bertz CT molecular complexity index is 1100. The average Bonchev–Trinajstić information content (AvgIpc) is 2.75. The van der Waals surface area contributed by atoms with Crippen LogP contribution < -0.4 is 25.2 Å². The molecule has 32 heavy (non-hydrogen) atoms. The van der Waals surface area contributed by atoms with Gasteiger partial charge < -0.3 is 25.2 Å². The van der Waals surface area contributed by atoms with Gasteiger partial charge in [0.1, 0.15) is 5.75 Å². The molecule has 0 saturated heterocycles. The number of benzene rings is 3. The van der Waals surface area contributed by atoms with Gasteiger partial charge in [0.2, 0.25) is 0 Å². The fourth-order valence-electron chi connectivity index (χ4n) is 3.60. The third kappa shape index (κ3) is 4.88. The second-order valence-electron chi connectivity index (χ2n) is 7.23. The van der Waals surface area contributed by atoms with Crippen LogP contribution in [0.1, 0.15) is 0 Å². The largest absolute Gasteiger partial charge is 0.573 e. The number of alkyl halides is 3. The SMILES string of the molecule is CN1CCN(c2ccccc2NC(=O)Nc2ccc(OC(F)(F)F)cc2)c2ccccc21. The number of halogens is 3. The topological polar surface area (TPSA) is 56.8 Å². The zero-order valence-corrected chi connectivity index (χ0v) is 17.2. The van der Waals surface area contributed by atoms with Crippen LogP contribution in [0.15, 0.2) is 72.8 Å². The minimum Gasteiger partial charge on any atom is -0.406 e. The summed E-state index contributed by atoms with van der Waals surface area (Å²) in [4.78, 5) is 16.9. The van der Waals surface area contributed by atoms with Crippen LogP contribution in [0.25, 0.3) is 0 Å². The zero-order valence-electron chi connectivity index (χ0n) is 17.2. The molecule has 0 atom stereocenters. The highest BCUT2D eigenvalue weighted by molar-refractivity contribution is 6.02. The van der Waals surface area contributed by atoms with Crippen LogP contribution in [0, 0.1) is 0 Å². The Morgan fingerprint density at radius 2 is 1.47 bits per heavy atom. The summed E-state index contributed by atoms with van der Waals surface area (Å²) in [5.74, 6) is -0.359. The van der Waals surface area contributed by atoms with Gasteiger partial charge in [-0.05, 0) is 48.5 Å². The van der Waals surface area contributed by atoms with Gasteiger partial charge in [0.25, 0.3) is 0 Å². The third-order valence-corrected chi connectivity index (χ3v) is 5.03. The van der Waals surface area contributed by atoms with Crippen LogP contribution in [0.3, 0.4) is 0 Å². The Kier molecular flexibility index (Phi) is 5.81. The highest BCUT2D eigenvalue weighted by atomic mass is 19.4. The first-order chi connectivity index (χ1) is 15.3. The van der Waals surface area contributed by atoms with Gasteiger partial charge in [0.05, 0.1) is 22.7 Å². The molecule has 3 aromatic carbocycles. The Hall–Kier alpha value is -3.88. The Morgan fingerprint density at radius 3 is 2.16 bits per heavy atom. The van der Waals surface area contributed by atoms with E-state index < -0.39 is 12.4 Å². The normalized spacial score (nSPS) is 13.4. The first kappa shape index (κ1) is 21.4. The quantitative estimate of drug-likeness (QED) is 0.535. The van der Waals surface area contributed by atoms with Gasteiger partial charge in [-0.15, -0.1) is 13.2 Å². The number of hydrogen-bond donors (Lipinski definition) is 2. The fourth-order valence-corrected chi connectivity index (χ4v) is 3.60. The van der Waals surface area contributed by atoms with Crippen molar-refractivity contribution in [2.24, 2.45) is 0 Å². The molecular formula is C23H21F3N4O2. The van der Waals surface area contributed by atoms with Gasteiger partial charge in [-0.3, -0.25) is 0 Å². The number of ether oxygens (including phenoxy) is 1. The lowest BCUT2D eigenvalue weighted by atomic mass is 10.1. The maximum atomic E-state index is 12.6. The average molecular weight is 442 g/mol. The molecule has 0 fully saturated rings. The predicted octanol–water partition coefficient (Wildman–Crippen LogP) is 5.82. The van der Waals surface area contributed by atoms with Crippen LogP contribution in [0.5, 0.6) is 5.75 Å². The molecule has 2 amide bonds. The fraction of sp³-hybridized carbons (Fsp3) is 0.174. The van der Waals surface area contributed by atoms with Gasteiger partial charge in [-0.1, -0.05) is 24.3 Å². The lowest BCUT2D eigenvalue weighted by Crippen LogP contribution is -2.36. The highest BCUT2D eigenvalue weighted by Crippen LogP contribution is 2.39. The second kappa shape index (κ2) is 8.70. The molecule has 6 nitrogen and oxygen atoms in total. The number of carbonyl (C=O) groups excluding carboxylic acids is 1. The van der Waals surface area contributed by atoms with E-state index in [2.05, 4.69) is 31.2 Å². The van der Waals surface area contributed by atoms with Gasteiger partial charge in [-0.2, -0.15) is 0 Å². The molecule has 1 aliphatic rings. The molecule has 0 radical (unpaired) electrons. The number of nitrogens with zero attached hydrogens (tertiary/aromatic N) is 2. The van der Waals surface area contributed by atoms with Crippen molar-refractivity contribution in [3.05, 3.63) is 72.8 Å². The van der Waals surface area contributed by atoms with Gasteiger partial charge in [0.15, 0.2) is 0 Å². The monoisotopic (exact) mass is 442 g/mol. The van der Waals surface area contributed by atoms with Crippen molar-refractivity contribution in [2.75, 3.05) is 40.6 Å². The van der Waals surface area contributed by atoms with E-state index in [1.807, 2.05) is 43.4 Å². The van der Waals surface area contributed by atoms with Crippen molar-refractivity contribution in [1.29, 1.82) is 0 Å². The molecule has 4 rings (SSSR count). The maximum absolute atomic E-state index is 12.6. The van der Waals surface area contributed by atoms with Crippen LogP contribution in [0.4, 0.5) is 46.4 Å². The Morgan fingerprint density at radius 1 is 0.844 bits per heavy atom. The summed E-state index contributed by atoms with van der Waals surface area (Å²) >= 11 is 0. The van der Waals surface area contributed by atoms with Crippen molar-refractivity contribution < 1.29 is 22.7 Å². The number of urea groups is 1. The first-order valence-electron chi connectivity index (χ1n) is 9.91. The zero-order chi connectivity index (χ0) is 22.7. The molecule has 0 unspecified atom stereocenters. The number of likely N-dealkylation sites (N-methyl/N-ethyl adjacent to an activating group) is 1. The van der Waals surface area contributed by atoms with E-state index in [-0.39, 0.29) is 5.75 Å². The first-order valence-corrected chi connectivity index (χ1v) is 9.91. The van der Waals surface area contributed by atoms with Crippen LogP contribution in [0.2, 0.25) is 0 Å². The summed E-state index contributed by atoms with van der Waals surface area (Å²) in [6, 6.07) is 19.9. The number of amides is 2. The summed E-state index contributed by atoms with van der Waals surface area (Å²) in [6.07, 6.45) is -4.77. The molecular weight excluding hydrogens is 421 g/mol. The Labute approximate surface area is 183 Å². The van der Waals surface area contributed by atoms with Crippen LogP contribution in [-0.4, -0.2) is 32.5 Å². The molecule has 0 aromatic heterocycles. The maximum Gasteiger partial charge on any atom is 0.573 e. The molecule has 0 saturated carbocycles. The van der Waals surface area contributed by atoms with E-state index in [1.54, 1.807) is 6.07 Å². The number of carbonyl (C=O) groups is 1. The van der Waals surface area contributed by atoms with Crippen molar-refractivity contribution in [3.63, 3.8) is 0 Å². The van der Waals surface area contributed by atoms with E-state index >= 15 is 0 Å². The standard InChI is InChI=1S/C23H21F3N4O2/c1-29-14-15-30(21-9-5-4-8-20(21)29)19-7-3-2-6-18(19)28-22(31)27-16-10-12-17(13-11-16)32-23(24,25)26/h2-13H,14-15H2,1H3,(H2,27,28,31).